The third kappa shape index (κ3) is 2.87. The molecule has 0 N–H and O–H groups in total. The summed E-state index contributed by atoms with van der Waals surface area (Å²) in [6.45, 7) is 2.12. The summed E-state index contributed by atoms with van der Waals surface area (Å²) >= 11 is 0. The van der Waals surface area contributed by atoms with E-state index in [1.807, 2.05) is 12.1 Å². The first-order chi connectivity index (χ1) is 15.6. The topological polar surface area (TPSA) is 63.7 Å². The number of aryl methyl sites for hydroxylation is 1. The molecule has 1 aliphatic heterocycles. The number of hydrogen-bond donors (Lipinski definition) is 0. The minimum atomic E-state index is -0.505. The standard InChI is InChI=1S/C27H25NO4/c1-2-4-15-7-9-18(10-8-15)32-27(31)16-5-3-6-17(13-16)28-25(29)23-19-11-12-20(22-14-21(19)22)24(23)26(28)30/h3,5-13,19-24H,2,4,14H2,1H3/t19-,20-,21-,22-,23-,24+/m0/s1. The van der Waals surface area contributed by atoms with Gasteiger partial charge in [-0.3, -0.25) is 9.59 Å². The van der Waals surface area contributed by atoms with Gasteiger partial charge >= 0.3 is 5.97 Å². The molecule has 7 rings (SSSR count). The number of amides is 2. The summed E-state index contributed by atoms with van der Waals surface area (Å²) in [4.78, 5) is 40.7. The van der Waals surface area contributed by atoms with Crippen molar-refractivity contribution in [2.45, 2.75) is 26.2 Å². The Balaban J connectivity index is 1.23. The number of benzene rings is 2. The van der Waals surface area contributed by atoms with Crippen molar-refractivity contribution in [3.8, 4) is 5.75 Å². The Hall–Kier alpha value is -3.21. The zero-order valence-electron chi connectivity index (χ0n) is 17.9. The normalized spacial score (nSPS) is 31.5. The van der Waals surface area contributed by atoms with Gasteiger partial charge in [0, 0.05) is 0 Å². The summed E-state index contributed by atoms with van der Waals surface area (Å²) < 4.78 is 5.53. The predicted molar refractivity (Wildman–Crippen MR) is 119 cm³/mol. The maximum absolute atomic E-state index is 13.3. The molecule has 162 valence electrons. The lowest BCUT2D eigenvalue weighted by atomic mass is 9.63. The van der Waals surface area contributed by atoms with E-state index in [-0.39, 0.29) is 35.5 Å². The van der Waals surface area contributed by atoms with Gasteiger partial charge in [0.25, 0.3) is 0 Å². The maximum atomic E-state index is 13.3. The van der Waals surface area contributed by atoms with Crippen molar-refractivity contribution in [2.24, 2.45) is 35.5 Å². The van der Waals surface area contributed by atoms with Gasteiger partial charge in [-0.2, -0.15) is 0 Å². The molecule has 3 fully saturated rings. The van der Waals surface area contributed by atoms with E-state index in [0.29, 0.717) is 28.8 Å². The number of anilines is 1. The molecule has 1 heterocycles. The Morgan fingerprint density at radius 2 is 1.62 bits per heavy atom. The lowest BCUT2D eigenvalue weighted by Gasteiger charge is -2.37. The van der Waals surface area contributed by atoms with Crippen LogP contribution in [0.25, 0.3) is 0 Å². The first-order valence-corrected chi connectivity index (χ1v) is 11.5. The predicted octanol–water partition coefficient (Wildman–Crippen LogP) is 4.42. The van der Waals surface area contributed by atoms with Crippen molar-refractivity contribution in [3.63, 3.8) is 0 Å². The Bertz CT molecular complexity index is 1110. The molecule has 0 aromatic heterocycles. The third-order valence-electron chi connectivity index (χ3n) is 7.68. The van der Waals surface area contributed by atoms with Crippen LogP contribution in [-0.4, -0.2) is 17.8 Å². The van der Waals surface area contributed by atoms with Gasteiger partial charge in [0.1, 0.15) is 5.75 Å². The van der Waals surface area contributed by atoms with Gasteiger partial charge < -0.3 is 4.74 Å². The molecule has 5 aliphatic rings. The first-order valence-electron chi connectivity index (χ1n) is 11.5. The number of allylic oxidation sites excluding steroid dienone is 2. The summed E-state index contributed by atoms with van der Waals surface area (Å²) in [5.41, 5.74) is 1.97. The average Bonchev–Trinajstić information content (AvgIpc) is 3.59. The highest BCUT2D eigenvalue weighted by molar-refractivity contribution is 6.23. The fourth-order valence-corrected chi connectivity index (χ4v) is 6.16. The van der Waals surface area contributed by atoms with Gasteiger partial charge in [-0.25, -0.2) is 9.69 Å². The summed E-state index contributed by atoms with van der Waals surface area (Å²) in [6, 6.07) is 14.2. The molecule has 2 aromatic rings. The summed E-state index contributed by atoms with van der Waals surface area (Å²) in [5, 5.41) is 0. The molecule has 1 saturated heterocycles. The number of rotatable bonds is 5. The monoisotopic (exact) mass is 427 g/mol. The molecule has 0 spiro atoms. The van der Waals surface area contributed by atoms with E-state index in [2.05, 4.69) is 19.1 Å². The van der Waals surface area contributed by atoms with Gasteiger partial charge in [-0.15, -0.1) is 0 Å². The molecule has 2 saturated carbocycles. The van der Waals surface area contributed by atoms with Gasteiger partial charge in [-0.1, -0.05) is 43.7 Å². The van der Waals surface area contributed by atoms with Gasteiger partial charge in [0.15, 0.2) is 0 Å². The molecule has 32 heavy (non-hydrogen) atoms. The van der Waals surface area contributed by atoms with Crippen molar-refractivity contribution >= 4 is 23.5 Å². The first kappa shape index (κ1) is 19.5. The number of carbonyl (C=O) groups excluding carboxylic acids is 3. The fourth-order valence-electron chi connectivity index (χ4n) is 6.16. The van der Waals surface area contributed by atoms with E-state index in [9.17, 15) is 14.4 Å². The van der Waals surface area contributed by atoms with Crippen LogP contribution >= 0.6 is 0 Å². The zero-order valence-corrected chi connectivity index (χ0v) is 17.9. The van der Waals surface area contributed by atoms with Crippen LogP contribution in [0.1, 0.15) is 35.7 Å². The molecule has 2 aromatic carbocycles. The number of ether oxygens (including phenoxy) is 1. The number of carbonyl (C=O) groups is 3. The third-order valence-corrected chi connectivity index (χ3v) is 7.68. The summed E-state index contributed by atoms with van der Waals surface area (Å²) in [6.07, 6.45) is 7.49. The quantitative estimate of drug-likeness (QED) is 0.307. The van der Waals surface area contributed by atoms with Crippen LogP contribution in [0.4, 0.5) is 5.69 Å². The molecule has 2 bridgehead atoms. The van der Waals surface area contributed by atoms with Gasteiger partial charge in [0.05, 0.1) is 23.1 Å². The molecule has 6 atom stereocenters. The van der Waals surface area contributed by atoms with Crippen molar-refractivity contribution in [3.05, 3.63) is 71.8 Å². The minimum absolute atomic E-state index is 0.123. The number of esters is 1. The van der Waals surface area contributed by atoms with Gasteiger partial charge in [0.2, 0.25) is 11.8 Å². The lowest BCUT2D eigenvalue weighted by Crippen LogP contribution is -2.40. The van der Waals surface area contributed by atoms with E-state index in [1.54, 1.807) is 36.4 Å². The molecular weight excluding hydrogens is 402 g/mol. The Labute approximate surface area is 187 Å². The molecule has 5 heteroatoms. The Morgan fingerprint density at radius 3 is 2.25 bits per heavy atom. The minimum Gasteiger partial charge on any atom is -0.423 e. The molecule has 0 unspecified atom stereocenters. The molecule has 0 radical (unpaired) electrons. The van der Waals surface area contributed by atoms with Gasteiger partial charge in [-0.05, 0) is 72.4 Å². The molecular formula is C27H25NO4. The second kappa shape index (κ2) is 7.16. The van der Waals surface area contributed by atoms with E-state index in [0.717, 1.165) is 19.3 Å². The van der Waals surface area contributed by atoms with Crippen LogP contribution in [-0.2, 0) is 16.0 Å². The second-order valence-corrected chi connectivity index (χ2v) is 9.50. The van der Waals surface area contributed by atoms with Crippen LogP contribution in [0.5, 0.6) is 5.75 Å². The Kier molecular flexibility index (Phi) is 4.36. The highest BCUT2D eigenvalue weighted by atomic mass is 16.5. The van der Waals surface area contributed by atoms with E-state index in [4.69, 9.17) is 4.74 Å². The second-order valence-electron chi connectivity index (χ2n) is 9.50. The molecule has 4 aliphatic carbocycles. The van der Waals surface area contributed by atoms with Crippen LogP contribution in [0.15, 0.2) is 60.7 Å². The Morgan fingerprint density at radius 1 is 0.969 bits per heavy atom. The van der Waals surface area contributed by atoms with Crippen molar-refractivity contribution < 1.29 is 19.1 Å². The van der Waals surface area contributed by atoms with E-state index >= 15 is 0 Å². The van der Waals surface area contributed by atoms with Crippen LogP contribution in [0, 0.1) is 35.5 Å². The summed E-state index contributed by atoms with van der Waals surface area (Å²) in [5.74, 6) is 0.706. The molecule has 2 amide bonds. The molecule has 5 nitrogen and oxygen atoms in total. The van der Waals surface area contributed by atoms with Crippen LogP contribution in [0.3, 0.4) is 0 Å². The van der Waals surface area contributed by atoms with Crippen LogP contribution in [0.2, 0.25) is 0 Å². The number of imide groups is 1. The largest absolute Gasteiger partial charge is 0.423 e. The van der Waals surface area contributed by atoms with Crippen molar-refractivity contribution in [1.29, 1.82) is 0 Å². The summed E-state index contributed by atoms with van der Waals surface area (Å²) in [7, 11) is 0. The smallest absolute Gasteiger partial charge is 0.343 e. The fraction of sp³-hybridized carbons (Fsp3) is 0.370. The highest BCUT2D eigenvalue weighted by Crippen LogP contribution is 2.65. The lowest BCUT2D eigenvalue weighted by molar-refractivity contribution is -0.124. The maximum Gasteiger partial charge on any atom is 0.343 e. The zero-order chi connectivity index (χ0) is 22.0. The van der Waals surface area contributed by atoms with Crippen molar-refractivity contribution in [2.75, 3.05) is 4.90 Å². The highest BCUT2D eigenvalue weighted by Gasteiger charge is 2.67. The van der Waals surface area contributed by atoms with E-state index < -0.39 is 5.97 Å². The SMILES string of the molecule is CCCc1ccc(OC(=O)c2cccc(N3C(=O)[C@@H]4[C@H]5C=C[C@@H]([C@@H]6C[C@@H]56)[C@@H]4C3=O)c2)cc1. The van der Waals surface area contributed by atoms with Crippen molar-refractivity contribution in [1.82, 2.24) is 0 Å². The number of nitrogens with zero attached hydrogens (tertiary/aromatic N) is 1. The average molecular weight is 428 g/mol. The van der Waals surface area contributed by atoms with E-state index in [1.165, 1.54) is 10.5 Å². The van der Waals surface area contributed by atoms with Crippen LogP contribution < -0.4 is 9.64 Å². The number of hydrogen-bond acceptors (Lipinski definition) is 4.